The molecule has 9 heteroatoms. The number of nitrogens with zero attached hydrogens (tertiary/aromatic N) is 1. The molecule has 25 heavy (non-hydrogen) atoms. The Kier molecular flexibility index (Phi) is 6.29. The maximum absolute atomic E-state index is 11.7. The molecule has 1 aromatic rings. The van der Waals surface area contributed by atoms with Gasteiger partial charge in [-0.25, -0.2) is 4.79 Å². The molecule has 0 aromatic heterocycles. The van der Waals surface area contributed by atoms with Crippen LogP contribution in [-0.4, -0.2) is 49.4 Å². The average molecular weight is 355 g/mol. The number of nitro benzene ring substituents is 1. The Morgan fingerprint density at radius 2 is 2.08 bits per heavy atom. The smallest absolute Gasteiger partial charge is 0.429 e. The van der Waals surface area contributed by atoms with Gasteiger partial charge in [-0.3, -0.25) is 10.1 Å². The molecule has 1 fully saturated rings. The van der Waals surface area contributed by atoms with Crippen molar-refractivity contribution in [1.82, 2.24) is 0 Å². The number of hydrogen-bond acceptors (Lipinski definition) is 8. The number of nitro groups is 1. The summed E-state index contributed by atoms with van der Waals surface area (Å²) in [5.74, 6) is 0.136. The first-order valence-electron chi connectivity index (χ1n) is 7.70. The lowest BCUT2D eigenvalue weighted by molar-refractivity contribution is -0.384. The maximum atomic E-state index is 11.7. The first-order chi connectivity index (χ1) is 11.8. The van der Waals surface area contributed by atoms with E-state index >= 15 is 0 Å². The van der Waals surface area contributed by atoms with Gasteiger partial charge in [-0.1, -0.05) is 0 Å². The number of hydrogen-bond donors (Lipinski definition) is 0. The van der Waals surface area contributed by atoms with Crippen LogP contribution in [0.15, 0.2) is 24.3 Å². The van der Waals surface area contributed by atoms with Crippen LogP contribution in [0.3, 0.4) is 0 Å². The molecular formula is C16H21NO8. The summed E-state index contributed by atoms with van der Waals surface area (Å²) < 4.78 is 26.3. The molecule has 138 valence electrons. The third kappa shape index (κ3) is 5.96. The normalized spacial score (nSPS) is 20.0. The van der Waals surface area contributed by atoms with Crippen LogP contribution in [0.5, 0.6) is 5.75 Å². The van der Waals surface area contributed by atoms with E-state index in [9.17, 15) is 14.9 Å². The van der Waals surface area contributed by atoms with Gasteiger partial charge in [-0.05, 0) is 26.0 Å². The molecule has 0 N–H and O–H groups in total. The van der Waals surface area contributed by atoms with Crippen LogP contribution >= 0.6 is 0 Å². The molecule has 0 bridgehead atoms. The van der Waals surface area contributed by atoms with Gasteiger partial charge >= 0.3 is 6.16 Å². The zero-order chi connectivity index (χ0) is 18.4. The number of benzene rings is 1. The van der Waals surface area contributed by atoms with E-state index in [1.165, 1.54) is 31.4 Å². The largest absolute Gasteiger partial charge is 0.514 e. The van der Waals surface area contributed by atoms with Crippen LogP contribution in [0.25, 0.3) is 0 Å². The quantitative estimate of drug-likeness (QED) is 0.242. The van der Waals surface area contributed by atoms with Crippen molar-refractivity contribution in [3.8, 4) is 5.75 Å². The molecule has 1 aliphatic rings. The van der Waals surface area contributed by atoms with Crippen LogP contribution in [0.2, 0.25) is 0 Å². The highest BCUT2D eigenvalue weighted by molar-refractivity contribution is 5.64. The van der Waals surface area contributed by atoms with Crippen molar-refractivity contribution in [2.24, 2.45) is 0 Å². The summed E-state index contributed by atoms with van der Waals surface area (Å²) in [6.07, 6.45) is -1.14. The Morgan fingerprint density at radius 1 is 1.40 bits per heavy atom. The van der Waals surface area contributed by atoms with Crippen molar-refractivity contribution in [1.29, 1.82) is 0 Å². The molecule has 2 rings (SSSR count). The van der Waals surface area contributed by atoms with E-state index in [0.29, 0.717) is 13.0 Å². The van der Waals surface area contributed by atoms with Crippen LogP contribution in [0, 0.1) is 10.1 Å². The standard InChI is InChI=1S/C16H21NO8/c1-16(2)8-13(9-23-16)24-14(21-3)10-22-15(18)25-12-6-4-11(5-7-12)17(19)20/h4-7,13-14H,8-10H2,1-3H3. The predicted molar refractivity (Wildman–Crippen MR) is 85.4 cm³/mol. The molecule has 1 saturated heterocycles. The Bertz CT molecular complexity index is 601. The molecule has 1 aromatic carbocycles. The van der Waals surface area contributed by atoms with Crippen LogP contribution in [0.1, 0.15) is 20.3 Å². The zero-order valence-corrected chi connectivity index (χ0v) is 14.3. The Hall–Kier alpha value is -2.23. The fraction of sp³-hybridized carbons (Fsp3) is 0.562. The molecule has 2 atom stereocenters. The summed E-state index contributed by atoms with van der Waals surface area (Å²) in [4.78, 5) is 21.7. The summed E-state index contributed by atoms with van der Waals surface area (Å²) >= 11 is 0. The second-order valence-corrected chi connectivity index (χ2v) is 6.11. The molecule has 0 spiro atoms. The minimum Gasteiger partial charge on any atom is -0.429 e. The van der Waals surface area contributed by atoms with Gasteiger partial charge < -0.3 is 23.7 Å². The lowest BCUT2D eigenvalue weighted by Crippen LogP contribution is -2.30. The van der Waals surface area contributed by atoms with Gasteiger partial charge in [0.1, 0.15) is 12.4 Å². The minimum absolute atomic E-state index is 0.102. The molecule has 1 aliphatic heterocycles. The van der Waals surface area contributed by atoms with Crippen molar-refractivity contribution in [3.05, 3.63) is 34.4 Å². The number of carbonyl (C=O) groups is 1. The van der Waals surface area contributed by atoms with E-state index in [-0.39, 0.29) is 29.7 Å². The lowest BCUT2D eigenvalue weighted by atomic mass is 10.1. The summed E-state index contributed by atoms with van der Waals surface area (Å²) in [6.45, 7) is 4.23. The molecule has 2 unspecified atom stereocenters. The Balaban J connectivity index is 1.76. The Morgan fingerprint density at radius 3 is 2.60 bits per heavy atom. The zero-order valence-electron chi connectivity index (χ0n) is 14.3. The van der Waals surface area contributed by atoms with Gasteiger partial charge in [0.25, 0.3) is 5.69 Å². The van der Waals surface area contributed by atoms with Crippen molar-refractivity contribution < 1.29 is 33.4 Å². The van der Waals surface area contributed by atoms with Gasteiger partial charge in [-0.15, -0.1) is 0 Å². The van der Waals surface area contributed by atoms with E-state index in [1.54, 1.807) is 0 Å². The number of rotatable bonds is 7. The highest BCUT2D eigenvalue weighted by Gasteiger charge is 2.34. The van der Waals surface area contributed by atoms with E-state index in [1.807, 2.05) is 13.8 Å². The fourth-order valence-corrected chi connectivity index (χ4v) is 2.35. The van der Waals surface area contributed by atoms with E-state index in [0.717, 1.165) is 0 Å². The summed E-state index contributed by atoms with van der Waals surface area (Å²) in [5.41, 5.74) is -0.353. The summed E-state index contributed by atoms with van der Waals surface area (Å²) in [6, 6.07) is 5.07. The van der Waals surface area contributed by atoms with Crippen LogP contribution < -0.4 is 4.74 Å². The summed E-state index contributed by atoms with van der Waals surface area (Å²) in [5, 5.41) is 10.6. The first-order valence-corrected chi connectivity index (χ1v) is 7.70. The van der Waals surface area contributed by atoms with Crippen molar-refractivity contribution in [2.45, 2.75) is 38.3 Å². The molecule has 1 heterocycles. The van der Waals surface area contributed by atoms with Crippen molar-refractivity contribution in [3.63, 3.8) is 0 Å². The third-order valence-corrected chi connectivity index (χ3v) is 3.57. The fourth-order valence-electron chi connectivity index (χ4n) is 2.35. The van der Waals surface area contributed by atoms with Crippen molar-refractivity contribution in [2.75, 3.05) is 20.3 Å². The third-order valence-electron chi connectivity index (χ3n) is 3.57. The number of non-ortho nitro benzene ring substituents is 1. The molecule has 0 aliphatic carbocycles. The number of carbonyl (C=O) groups excluding carboxylic acids is 1. The van der Waals surface area contributed by atoms with Gasteiger partial charge in [0.15, 0.2) is 6.29 Å². The van der Waals surface area contributed by atoms with E-state index in [2.05, 4.69) is 0 Å². The molecule has 0 amide bonds. The maximum Gasteiger partial charge on any atom is 0.514 e. The second-order valence-electron chi connectivity index (χ2n) is 6.11. The van der Waals surface area contributed by atoms with E-state index < -0.39 is 17.4 Å². The van der Waals surface area contributed by atoms with Crippen molar-refractivity contribution >= 4 is 11.8 Å². The minimum atomic E-state index is -0.956. The van der Waals surface area contributed by atoms with Gasteiger partial charge in [0.05, 0.1) is 23.2 Å². The monoisotopic (exact) mass is 355 g/mol. The van der Waals surface area contributed by atoms with Gasteiger partial charge in [-0.2, -0.15) is 0 Å². The average Bonchev–Trinajstić information content (AvgIpc) is 2.90. The highest BCUT2D eigenvalue weighted by Crippen LogP contribution is 2.27. The Labute approximate surface area is 144 Å². The second kappa shape index (κ2) is 8.24. The lowest BCUT2D eigenvalue weighted by Gasteiger charge is -2.20. The highest BCUT2D eigenvalue weighted by atomic mass is 16.8. The summed E-state index contributed by atoms with van der Waals surface area (Å²) in [7, 11) is 1.44. The van der Waals surface area contributed by atoms with E-state index in [4.69, 9.17) is 23.7 Å². The topological polar surface area (TPSA) is 106 Å². The van der Waals surface area contributed by atoms with Crippen LogP contribution in [-0.2, 0) is 18.9 Å². The predicted octanol–water partition coefficient (Wildman–Crippen LogP) is 2.67. The number of ether oxygens (including phenoxy) is 5. The van der Waals surface area contributed by atoms with Crippen LogP contribution in [0.4, 0.5) is 10.5 Å². The van der Waals surface area contributed by atoms with Gasteiger partial charge in [0, 0.05) is 25.7 Å². The number of methoxy groups -OCH3 is 1. The van der Waals surface area contributed by atoms with Gasteiger partial charge in [0.2, 0.25) is 0 Å². The molecule has 0 saturated carbocycles. The molecular weight excluding hydrogens is 334 g/mol. The molecule has 0 radical (unpaired) electrons. The molecule has 9 nitrogen and oxygen atoms in total. The SMILES string of the molecule is COC(COC(=O)Oc1ccc([N+](=O)[O-])cc1)OC1COC(C)(C)C1. The first kappa shape index (κ1) is 19.1.